The van der Waals surface area contributed by atoms with Crippen LogP contribution in [-0.4, -0.2) is 0 Å². The Morgan fingerprint density at radius 3 is 2.32 bits per heavy atom. The third-order valence-electron chi connectivity index (χ3n) is 3.18. The molecule has 0 saturated carbocycles. The van der Waals surface area contributed by atoms with E-state index in [0.29, 0.717) is 6.04 Å². The lowest BCUT2D eigenvalue weighted by molar-refractivity contribution is 0.749. The molecule has 0 radical (unpaired) electrons. The van der Waals surface area contributed by atoms with Crippen molar-refractivity contribution in [3.05, 3.63) is 62.5 Å². The minimum absolute atomic E-state index is 0.341. The summed E-state index contributed by atoms with van der Waals surface area (Å²) in [6.07, 6.45) is 1.05. The Bertz CT molecular complexity index is 549. The van der Waals surface area contributed by atoms with E-state index in [2.05, 4.69) is 93.5 Å². The molecule has 0 aliphatic rings. The normalized spacial score (nSPS) is 12.2. The van der Waals surface area contributed by atoms with Crippen LogP contribution in [-0.2, 0) is 0 Å². The van der Waals surface area contributed by atoms with Crippen LogP contribution < -0.4 is 5.32 Å². The smallest absolute Gasteiger partial charge is 0.0511 e. The molecule has 2 rings (SSSR count). The monoisotopic (exact) mass is 381 g/mol. The molecule has 0 aliphatic heterocycles. The number of benzene rings is 2. The fraction of sp³-hybridized carbons (Fsp3) is 0.250. The van der Waals surface area contributed by atoms with Gasteiger partial charge in [0.1, 0.15) is 0 Å². The van der Waals surface area contributed by atoms with Gasteiger partial charge in [-0.3, -0.25) is 0 Å². The van der Waals surface area contributed by atoms with Gasteiger partial charge in [-0.25, -0.2) is 0 Å². The number of aryl methyl sites for hydroxylation is 1. The first-order valence-corrected chi connectivity index (χ1v) is 7.97. The maximum absolute atomic E-state index is 3.60. The molecule has 0 bridgehead atoms. The quantitative estimate of drug-likeness (QED) is 0.675. The van der Waals surface area contributed by atoms with Gasteiger partial charge >= 0.3 is 0 Å². The van der Waals surface area contributed by atoms with Gasteiger partial charge in [0.25, 0.3) is 0 Å². The van der Waals surface area contributed by atoms with Crippen molar-refractivity contribution < 1.29 is 0 Å². The topological polar surface area (TPSA) is 12.0 Å². The number of hydrogen-bond acceptors (Lipinski definition) is 1. The van der Waals surface area contributed by atoms with Gasteiger partial charge in [0.05, 0.1) is 6.04 Å². The first kappa shape index (κ1) is 14.6. The molecule has 0 fully saturated rings. The molecule has 100 valence electrons. The molecular weight excluding hydrogens is 366 g/mol. The van der Waals surface area contributed by atoms with Crippen molar-refractivity contribution in [1.82, 2.24) is 0 Å². The Labute approximate surface area is 131 Å². The number of hydrogen-bond donors (Lipinski definition) is 1. The Kier molecular flexibility index (Phi) is 5.06. The van der Waals surface area contributed by atoms with Gasteiger partial charge in [0.15, 0.2) is 0 Å². The third kappa shape index (κ3) is 3.83. The van der Waals surface area contributed by atoms with Crippen molar-refractivity contribution in [2.45, 2.75) is 26.3 Å². The van der Waals surface area contributed by atoms with E-state index >= 15 is 0 Å². The highest BCUT2D eigenvalue weighted by atomic mass is 79.9. The largest absolute Gasteiger partial charge is 0.378 e. The lowest BCUT2D eigenvalue weighted by Crippen LogP contribution is -2.09. The fourth-order valence-electron chi connectivity index (χ4n) is 2.05. The molecule has 0 saturated heterocycles. The summed E-state index contributed by atoms with van der Waals surface area (Å²) in [7, 11) is 0. The summed E-state index contributed by atoms with van der Waals surface area (Å²) in [4.78, 5) is 0. The van der Waals surface area contributed by atoms with E-state index in [4.69, 9.17) is 0 Å². The molecule has 1 atom stereocenters. The first-order valence-electron chi connectivity index (χ1n) is 6.38. The zero-order valence-electron chi connectivity index (χ0n) is 11.1. The summed E-state index contributed by atoms with van der Waals surface area (Å²) < 4.78 is 2.26. The highest BCUT2D eigenvalue weighted by Gasteiger charge is 2.09. The number of rotatable bonds is 4. The van der Waals surface area contributed by atoms with Crippen LogP contribution in [0.5, 0.6) is 0 Å². The summed E-state index contributed by atoms with van der Waals surface area (Å²) in [6.45, 7) is 4.31. The van der Waals surface area contributed by atoms with Crippen LogP contribution in [0.4, 0.5) is 5.69 Å². The zero-order chi connectivity index (χ0) is 13.8. The predicted octanol–water partition coefficient (Wildman–Crippen LogP) is 6.08. The maximum Gasteiger partial charge on any atom is 0.0511 e. The molecule has 0 aliphatic carbocycles. The highest BCUT2D eigenvalue weighted by molar-refractivity contribution is 9.10. The van der Waals surface area contributed by atoms with Crippen molar-refractivity contribution in [3.8, 4) is 0 Å². The van der Waals surface area contributed by atoms with Gasteiger partial charge in [-0.1, -0.05) is 50.9 Å². The second-order valence-electron chi connectivity index (χ2n) is 4.62. The van der Waals surface area contributed by atoms with Crippen LogP contribution in [0.2, 0.25) is 0 Å². The lowest BCUT2D eigenvalue weighted by Gasteiger charge is -2.19. The number of anilines is 1. The Hall–Kier alpha value is -0.800. The average molecular weight is 383 g/mol. The van der Waals surface area contributed by atoms with Crippen LogP contribution in [0.25, 0.3) is 0 Å². The van der Waals surface area contributed by atoms with Gasteiger partial charge in [-0.15, -0.1) is 0 Å². The van der Waals surface area contributed by atoms with E-state index in [1.165, 1.54) is 11.1 Å². The van der Waals surface area contributed by atoms with Gasteiger partial charge < -0.3 is 5.32 Å². The second-order valence-corrected chi connectivity index (χ2v) is 6.39. The van der Waals surface area contributed by atoms with Crippen LogP contribution in [0, 0.1) is 6.92 Å². The van der Waals surface area contributed by atoms with Crippen LogP contribution in [0.3, 0.4) is 0 Å². The summed E-state index contributed by atoms with van der Waals surface area (Å²) >= 11 is 7.01. The average Bonchev–Trinajstić information content (AvgIpc) is 2.41. The SMILES string of the molecule is CCC(Nc1ccc(Br)c(C)c1)c1ccc(Br)cc1. The van der Waals surface area contributed by atoms with E-state index < -0.39 is 0 Å². The van der Waals surface area contributed by atoms with Gasteiger partial charge in [0.2, 0.25) is 0 Å². The van der Waals surface area contributed by atoms with Crippen molar-refractivity contribution in [2.24, 2.45) is 0 Å². The molecule has 1 nitrogen and oxygen atoms in total. The molecule has 19 heavy (non-hydrogen) atoms. The van der Waals surface area contributed by atoms with Crippen LogP contribution in [0.1, 0.15) is 30.5 Å². The molecule has 0 spiro atoms. The maximum atomic E-state index is 3.60. The summed E-state index contributed by atoms with van der Waals surface area (Å²) in [5, 5.41) is 3.60. The highest BCUT2D eigenvalue weighted by Crippen LogP contribution is 2.26. The molecule has 0 heterocycles. The van der Waals surface area contributed by atoms with Crippen LogP contribution >= 0.6 is 31.9 Å². The summed E-state index contributed by atoms with van der Waals surface area (Å²) in [5.74, 6) is 0. The van der Waals surface area contributed by atoms with Crippen molar-refractivity contribution in [3.63, 3.8) is 0 Å². The van der Waals surface area contributed by atoms with E-state index in [1.807, 2.05) is 0 Å². The van der Waals surface area contributed by atoms with Crippen molar-refractivity contribution in [1.29, 1.82) is 0 Å². The van der Waals surface area contributed by atoms with E-state index in [0.717, 1.165) is 21.1 Å². The third-order valence-corrected chi connectivity index (χ3v) is 4.60. The van der Waals surface area contributed by atoms with Gasteiger partial charge in [-0.2, -0.15) is 0 Å². The van der Waals surface area contributed by atoms with Gasteiger partial charge in [-0.05, 0) is 54.8 Å². The molecular formula is C16H17Br2N. The Morgan fingerprint density at radius 1 is 1.05 bits per heavy atom. The minimum Gasteiger partial charge on any atom is -0.378 e. The number of halogens is 2. The first-order chi connectivity index (χ1) is 9.10. The molecule has 1 unspecified atom stereocenters. The zero-order valence-corrected chi connectivity index (χ0v) is 14.3. The van der Waals surface area contributed by atoms with E-state index in [9.17, 15) is 0 Å². The van der Waals surface area contributed by atoms with Crippen molar-refractivity contribution >= 4 is 37.5 Å². The van der Waals surface area contributed by atoms with Gasteiger partial charge in [0, 0.05) is 14.6 Å². The molecule has 2 aromatic carbocycles. The lowest BCUT2D eigenvalue weighted by atomic mass is 10.0. The summed E-state index contributed by atoms with van der Waals surface area (Å²) in [6, 6.07) is 15.2. The van der Waals surface area contributed by atoms with Crippen LogP contribution in [0.15, 0.2) is 51.4 Å². The summed E-state index contributed by atoms with van der Waals surface area (Å²) in [5.41, 5.74) is 3.72. The van der Waals surface area contributed by atoms with Crippen molar-refractivity contribution in [2.75, 3.05) is 5.32 Å². The predicted molar refractivity (Wildman–Crippen MR) is 89.7 cm³/mol. The van der Waals surface area contributed by atoms with E-state index in [1.54, 1.807) is 0 Å². The minimum atomic E-state index is 0.341. The molecule has 2 aromatic rings. The molecule has 1 N–H and O–H groups in total. The molecule has 0 amide bonds. The Morgan fingerprint density at radius 2 is 1.74 bits per heavy atom. The second kappa shape index (κ2) is 6.58. The van der Waals surface area contributed by atoms with E-state index in [-0.39, 0.29) is 0 Å². The Balaban J connectivity index is 2.18. The fourth-order valence-corrected chi connectivity index (χ4v) is 2.56. The standard InChI is InChI=1S/C16H17Br2N/c1-3-16(12-4-6-13(17)7-5-12)19-14-8-9-15(18)11(2)10-14/h4-10,16,19H,3H2,1-2H3. The number of nitrogens with one attached hydrogen (secondary N) is 1. The molecule has 3 heteroatoms. The molecule has 0 aromatic heterocycles.